The average molecular weight is 557 g/mol. The van der Waals surface area contributed by atoms with Gasteiger partial charge in [0.2, 0.25) is 11.8 Å². The van der Waals surface area contributed by atoms with Crippen molar-refractivity contribution in [1.82, 2.24) is 14.9 Å². The number of carbonyl (C=O) groups excluding carboxylic acids is 1. The summed E-state index contributed by atoms with van der Waals surface area (Å²) in [6.07, 6.45) is 2.92. The number of rotatable bonds is 7. The lowest BCUT2D eigenvalue weighted by atomic mass is 9.99. The van der Waals surface area contributed by atoms with E-state index < -0.39 is 10.0 Å². The highest BCUT2D eigenvalue weighted by atomic mass is 32.2. The number of carbonyl (C=O) groups is 1. The molecule has 0 saturated carbocycles. The summed E-state index contributed by atoms with van der Waals surface area (Å²) in [5.41, 5.74) is 2.76. The molecule has 1 saturated heterocycles. The van der Waals surface area contributed by atoms with E-state index in [1.54, 1.807) is 36.4 Å². The number of nitrogens with zero attached hydrogens (tertiary/aromatic N) is 5. The molecule has 12 heteroatoms. The number of methoxy groups -OCH3 is 1. The van der Waals surface area contributed by atoms with E-state index in [1.165, 1.54) is 25.6 Å². The molecule has 0 unspecified atom stereocenters. The normalized spacial score (nSPS) is 16.4. The van der Waals surface area contributed by atoms with Crippen LogP contribution in [0.1, 0.15) is 20.3 Å². The van der Waals surface area contributed by atoms with Gasteiger partial charge in [-0.05, 0) is 67.8 Å². The van der Waals surface area contributed by atoms with Gasteiger partial charge in [0.1, 0.15) is 24.0 Å². The molecular weight excluding hydrogens is 523 g/mol. The molecule has 1 amide bonds. The van der Waals surface area contributed by atoms with Crippen LogP contribution in [0.2, 0.25) is 0 Å². The van der Waals surface area contributed by atoms with E-state index in [1.807, 2.05) is 11.8 Å². The summed E-state index contributed by atoms with van der Waals surface area (Å²) in [5.74, 6) is 0.169. The molecule has 10 nitrogen and oxygen atoms in total. The van der Waals surface area contributed by atoms with Gasteiger partial charge in [0.05, 0.1) is 12.0 Å². The first-order valence-electron chi connectivity index (χ1n) is 12.8. The van der Waals surface area contributed by atoms with E-state index >= 15 is 0 Å². The van der Waals surface area contributed by atoms with E-state index in [9.17, 15) is 17.6 Å². The standard InChI is InChI=1S/C27H31FN6O4S.H2/c1-19(34-11-3-4-20-16-21(28)5-10-24(20)34)27(35)33-14-12-32(13-15-33)22-6-8-23(9-7-22)39(36,37)31-25-17-26(38-2)30-18-29-25;/h5-10,16-19H,3-4,11-15H2,1-2H3,(H,29,30,31);1H/t19-;/m1./s1. The molecule has 208 valence electrons. The number of hydrogen-bond acceptors (Lipinski definition) is 8. The highest BCUT2D eigenvalue weighted by Crippen LogP contribution is 2.30. The van der Waals surface area contributed by atoms with E-state index in [2.05, 4.69) is 24.5 Å². The number of benzene rings is 2. The predicted octanol–water partition coefficient (Wildman–Crippen LogP) is 3.16. The Balaban J connectivity index is 0.00000370. The molecule has 2 aliphatic rings. The first-order valence-corrected chi connectivity index (χ1v) is 14.3. The zero-order valence-corrected chi connectivity index (χ0v) is 22.7. The number of piperazine rings is 1. The smallest absolute Gasteiger partial charge is 0.263 e. The summed E-state index contributed by atoms with van der Waals surface area (Å²) >= 11 is 0. The Morgan fingerprint density at radius 1 is 1.05 bits per heavy atom. The van der Waals surface area contributed by atoms with Gasteiger partial charge in [0.15, 0.2) is 0 Å². The van der Waals surface area contributed by atoms with Gasteiger partial charge in [0, 0.05) is 51.6 Å². The third-order valence-corrected chi connectivity index (χ3v) is 8.59. The van der Waals surface area contributed by atoms with Crippen LogP contribution in [-0.4, -0.2) is 75.1 Å². The Hall–Kier alpha value is -3.93. The summed E-state index contributed by atoms with van der Waals surface area (Å²) in [7, 11) is -2.41. The number of sulfonamides is 1. The number of ether oxygens (including phenoxy) is 1. The van der Waals surface area contributed by atoms with Crippen LogP contribution in [0.5, 0.6) is 5.88 Å². The molecule has 0 radical (unpaired) electrons. The third-order valence-electron chi connectivity index (χ3n) is 7.21. The number of anilines is 3. The van der Waals surface area contributed by atoms with Crippen LogP contribution in [0.4, 0.5) is 21.6 Å². The Kier molecular flexibility index (Phi) is 7.56. The first kappa shape index (κ1) is 26.7. The lowest BCUT2D eigenvalue weighted by molar-refractivity contribution is -0.132. The highest BCUT2D eigenvalue weighted by molar-refractivity contribution is 7.92. The minimum Gasteiger partial charge on any atom is -0.481 e. The monoisotopic (exact) mass is 556 g/mol. The minimum absolute atomic E-state index is 0. The highest BCUT2D eigenvalue weighted by Gasteiger charge is 2.31. The number of amides is 1. The number of hydrogen-bond donors (Lipinski definition) is 1. The summed E-state index contributed by atoms with van der Waals surface area (Å²) in [6.45, 7) is 5.06. The van der Waals surface area contributed by atoms with Crippen molar-refractivity contribution in [1.29, 1.82) is 0 Å². The van der Waals surface area contributed by atoms with Gasteiger partial charge in [-0.3, -0.25) is 9.52 Å². The van der Waals surface area contributed by atoms with Crippen molar-refractivity contribution in [3.05, 3.63) is 66.2 Å². The molecule has 1 fully saturated rings. The quantitative estimate of drug-likeness (QED) is 0.473. The number of aryl methyl sites for hydroxylation is 1. The van der Waals surface area contributed by atoms with Gasteiger partial charge in [-0.2, -0.15) is 0 Å². The van der Waals surface area contributed by atoms with Crippen LogP contribution in [-0.2, 0) is 21.2 Å². The second-order valence-electron chi connectivity index (χ2n) is 9.60. The average Bonchev–Trinajstić information content (AvgIpc) is 2.96. The van der Waals surface area contributed by atoms with Crippen molar-refractivity contribution in [2.75, 3.05) is 54.4 Å². The first-order chi connectivity index (χ1) is 18.7. The molecule has 0 aliphatic carbocycles. The lowest BCUT2D eigenvalue weighted by Gasteiger charge is -2.41. The van der Waals surface area contributed by atoms with Crippen LogP contribution >= 0.6 is 0 Å². The fraction of sp³-hybridized carbons (Fsp3) is 0.370. The minimum atomic E-state index is -3.84. The maximum Gasteiger partial charge on any atom is 0.263 e. The molecule has 0 bridgehead atoms. The van der Waals surface area contributed by atoms with Gasteiger partial charge >= 0.3 is 0 Å². The fourth-order valence-corrected chi connectivity index (χ4v) is 6.12. The Morgan fingerprint density at radius 2 is 1.79 bits per heavy atom. The van der Waals surface area contributed by atoms with Crippen LogP contribution < -0.4 is 19.3 Å². The van der Waals surface area contributed by atoms with Crippen LogP contribution in [0.25, 0.3) is 0 Å². The number of nitrogens with one attached hydrogen (secondary N) is 1. The number of fused-ring (bicyclic) bond motifs is 1. The molecule has 2 aliphatic heterocycles. The Morgan fingerprint density at radius 3 is 2.51 bits per heavy atom. The predicted molar refractivity (Wildman–Crippen MR) is 148 cm³/mol. The summed E-state index contributed by atoms with van der Waals surface area (Å²) in [6, 6.07) is 12.5. The van der Waals surface area contributed by atoms with Crippen molar-refractivity contribution >= 4 is 33.1 Å². The molecule has 0 spiro atoms. The largest absolute Gasteiger partial charge is 0.481 e. The molecule has 3 heterocycles. The van der Waals surface area contributed by atoms with Crippen molar-refractivity contribution in [3.8, 4) is 5.88 Å². The topological polar surface area (TPSA) is 108 Å². The van der Waals surface area contributed by atoms with Crippen LogP contribution in [0, 0.1) is 5.82 Å². The van der Waals surface area contributed by atoms with Crippen LogP contribution in [0.15, 0.2) is 59.8 Å². The lowest BCUT2D eigenvalue weighted by Crippen LogP contribution is -2.55. The van der Waals surface area contributed by atoms with Gasteiger partial charge < -0.3 is 19.4 Å². The van der Waals surface area contributed by atoms with Crippen molar-refractivity contribution in [3.63, 3.8) is 0 Å². The molecule has 1 aromatic heterocycles. The maximum absolute atomic E-state index is 13.7. The number of aromatic nitrogens is 2. The summed E-state index contributed by atoms with van der Waals surface area (Å²) in [4.78, 5) is 27.4. The van der Waals surface area contributed by atoms with E-state index in [-0.39, 0.29) is 35.8 Å². The maximum atomic E-state index is 13.7. The fourth-order valence-electron chi connectivity index (χ4n) is 5.12. The summed E-state index contributed by atoms with van der Waals surface area (Å²) < 4.78 is 46.8. The second-order valence-corrected chi connectivity index (χ2v) is 11.3. The molecule has 3 aromatic rings. The van der Waals surface area contributed by atoms with Gasteiger partial charge in [-0.1, -0.05) is 0 Å². The van der Waals surface area contributed by atoms with Crippen molar-refractivity contribution in [2.45, 2.75) is 30.7 Å². The SMILES string of the molecule is COc1cc(NS(=O)(=O)c2ccc(N3CCN(C(=O)[C@@H](C)N4CCCc5cc(F)ccc54)CC3)cc2)ncn1.[HH]. The Bertz CT molecular complexity index is 1450. The Labute approximate surface area is 229 Å². The zero-order valence-electron chi connectivity index (χ0n) is 21.9. The molecule has 1 N–H and O–H groups in total. The molecule has 39 heavy (non-hydrogen) atoms. The van der Waals surface area contributed by atoms with E-state index in [4.69, 9.17) is 4.74 Å². The summed E-state index contributed by atoms with van der Waals surface area (Å²) in [5, 5.41) is 0. The second kappa shape index (κ2) is 11.0. The van der Waals surface area contributed by atoms with Crippen molar-refractivity contribution < 1.29 is 23.8 Å². The third kappa shape index (κ3) is 5.75. The molecule has 5 rings (SSSR count). The van der Waals surface area contributed by atoms with Crippen LogP contribution in [0.3, 0.4) is 0 Å². The van der Waals surface area contributed by atoms with E-state index in [0.717, 1.165) is 36.3 Å². The van der Waals surface area contributed by atoms with Gasteiger partial charge in [-0.25, -0.2) is 22.8 Å². The zero-order chi connectivity index (χ0) is 27.6. The number of halogens is 1. The van der Waals surface area contributed by atoms with Gasteiger partial charge in [-0.15, -0.1) is 0 Å². The molecular formula is C27H33FN6O4S. The molecule has 1 atom stereocenters. The van der Waals surface area contributed by atoms with E-state index in [0.29, 0.717) is 26.2 Å². The van der Waals surface area contributed by atoms with Gasteiger partial charge in [0.25, 0.3) is 10.0 Å². The molecule has 2 aromatic carbocycles. The van der Waals surface area contributed by atoms with Crippen molar-refractivity contribution in [2.24, 2.45) is 0 Å².